The summed E-state index contributed by atoms with van der Waals surface area (Å²) in [5, 5.41) is 7.41. The molecule has 0 fully saturated rings. The van der Waals surface area contributed by atoms with Gasteiger partial charge in [-0.05, 0) is 25.1 Å². The number of amides is 1. The molecule has 1 atom stereocenters. The minimum Gasteiger partial charge on any atom is -0.374 e. The largest absolute Gasteiger partial charge is 0.374 e. The normalized spacial score (nSPS) is 12.4. The fourth-order valence-corrected chi connectivity index (χ4v) is 1.98. The first-order chi connectivity index (χ1) is 9.88. The Morgan fingerprint density at radius 2 is 2.10 bits per heavy atom. The molecule has 2 rings (SSSR count). The monoisotopic (exact) mass is 308 g/mol. The zero-order valence-corrected chi connectivity index (χ0v) is 12.8. The highest BCUT2D eigenvalue weighted by Crippen LogP contribution is 2.24. The third kappa shape index (κ3) is 3.52. The predicted molar refractivity (Wildman–Crippen MR) is 80.4 cm³/mol. The maximum Gasteiger partial charge on any atom is 0.250 e. The van der Waals surface area contributed by atoms with Gasteiger partial charge in [-0.2, -0.15) is 4.98 Å². The van der Waals surface area contributed by atoms with Crippen LogP contribution in [0.2, 0.25) is 5.02 Å². The molecule has 0 radical (unpaired) electrons. The van der Waals surface area contributed by atoms with Crippen molar-refractivity contribution < 1.29 is 9.32 Å². The topological polar surface area (TPSA) is 94.0 Å². The van der Waals surface area contributed by atoms with Crippen molar-refractivity contribution >= 4 is 23.2 Å². The second-order valence-corrected chi connectivity index (χ2v) is 5.48. The molecule has 1 aromatic carbocycles. The third-order valence-corrected chi connectivity index (χ3v) is 3.29. The van der Waals surface area contributed by atoms with Crippen LogP contribution in [0.25, 0.3) is 0 Å². The van der Waals surface area contributed by atoms with Crippen LogP contribution in [-0.4, -0.2) is 16.0 Å². The Hall–Kier alpha value is -2.08. The molecular formula is C14H17ClN4O2. The molecular weight excluding hydrogens is 292 g/mol. The first kappa shape index (κ1) is 15.3. The van der Waals surface area contributed by atoms with E-state index in [1.165, 1.54) is 0 Å². The number of nitrogens with one attached hydrogen (secondary N) is 1. The van der Waals surface area contributed by atoms with E-state index >= 15 is 0 Å². The third-order valence-electron chi connectivity index (χ3n) is 2.96. The molecule has 21 heavy (non-hydrogen) atoms. The molecule has 112 valence electrons. The summed E-state index contributed by atoms with van der Waals surface area (Å²) in [5.41, 5.74) is 6.24. The summed E-state index contributed by atoms with van der Waals surface area (Å²) in [7, 11) is 0. The molecule has 2 aromatic rings. The number of anilines is 1. The summed E-state index contributed by atoms with van der Waals surface area (Å²) in [4.78, 5) is 15.6. The summed E-state index contributed by atoms with van der Waals surface area (Å²) in [6, 6.07) is 4.77. The highest BCUT2D eigenvalue weighted by atomic mass is 35.5. The van der Waals surface area contributed by atoms with E-state index < -0.39 is 5.91 Å². The average molecular weight is 309 g/mol. The Morgan fingerprint density at radius 1 is 1.38 bits per heavy atom. The van der Waals surface area contributed by atoms with Crippen LogP contribution >= 0.6 is 11.6 Å². The van der Waals surface area contributed by atoms with Gasteiger partial charge < -0.3 is 15.6 Å². The molecule has 1 heterocycles. The van der Waals surface area contributed by atoms with Gasteiger partial charge >= 0.3 is 0 Å². The number of rotatable bonds is 5. The number of hydrogen-bond acceptors (Lipinski definition) is 5. The Balaban J connectivity index is 2.17. The van der Waals surface area contributed by atoms with E-state index in [9.17, 15) is 4.79 Å². The van der Waals surface area contributed by atoms with Crippen molar-refractivity contribution in [2.75, 3.05) is 5.32 Å². The average Bonchev–Trinajstić information content (AvgIpc) is 2.90. The molecule has 0 bridgehead atoms. The lowest BCUT2D eigenvalue weighted by Gasteiger charge is -2.12. The van der Waals surface area contributed by atoms with Crippen molar-refractivity contribution in [2.45, 2.75) is 32.7 Å². The lowest BCUT2D eigenvalue weighted by Crippen LogP contribution is -2.13. The van der Waals surface area contributed by atoms with Crippen LogP contribution in [0.15, 0.2) is 22.7 Å². The van der Waals surface area contributed by atoms with E-state index in [1.807, 2.05) is 20.8 Å². The Labute approximate surface area is 127 Å². The minimum atomic E-state index is -0.573. The fraction of sp³-hybridized carbons (Fsp3) is 0.357. The molecule has 1 aromatic heterocycles. The van der Waals surface area contributed by atoms with E-state index in [0.29, 0.717) is 22.4 Å². The van der Waals surface area contributed by atoms with Gasteiger partial charge in [0.2, 0.25) is 11.8 Å². The number of hydrogen-bond donors (Lipinski definition) is 2. The second kappa shape index (κ2) is 6.13. The summed E-state index contributed by atoms with van der Waals surface area (Å²) >= 11 is 5.91. The molecule has 0 aliphatic rings. The van der Waals surface area contributed by atoms with Crippen LogP contribution < -0.4 is 11.1 Å². The van der Waals surface area contributed by atoms with Crippen molar-refractivity contribution in [1.29, 1.82) is 0 Å². The van der Waals surface area contributed by atoms with Crippen molar-refractivity contribution in [3.05, 3.63) is 40.5 Å². The molecule has 6 nitrogen and oxygen atoms in total. The van der Waals surface area contributed by atoms with Gasteiger partial charge in [-0.3, -0.25) is 4.79 Å². The highest BCUT2D eigenvalue weighted by Gasteiger charge is 2.16. The van der Waals surface area contributed by atoms with Crippen LogP contribution in [0, 0.1) is 0 Å². The molecule has 1 unspecified atom stereocenters. The number of halogens is 1. The van der Waals surface area contributed by atoms with Crippen molar-refractivity contribution in [3.63, 3.8) is 0 Å². The molecule has 0 saturated carbocycles. The molecule has 0 spiro atoms. The van der Waals surface area contributed by atoms with Crippen molar-refractivity contribution in [3.8, 4) is 0 Å². The van der Waals surface area contributed by atoms with E-state index in [1.54, 1.807) is 18.2 Å². The molecule has 0 saturated heterocycles. The number of primary amides is 1. The summed E-state index contributed by atoms with van der Waals surface area (Å²) in [6.45, 7) is 5.87. The van der Waals surface area contributed by atoms with Gasteiger partial charge in [-0.25, -0.2) is 0 Å². The number of nitrogens with zero attached hydrogens (tertiary/aromatic N) is 2. The maximum atomic E-state index is 11.3. The quantitative estimate of drug-likeness (QED) is 0.885. The Kier molecular flexibility index (Phi) is 4.47. The smallest absolute Gasteiger partial charge is 0.250 e. The molecule has 0 aliphatic heterocycles. The van der Waals surface area contributed by atoms with Gasteiger partial charge in [0.1, 0.15) is 6.04 Å². The van der Waals surface area contributed by atoms with Gasteiger partial charge in [-0.15, -0.1) is 0 Å². The molecule has 0 aliphatic carbocycles. The van der Waals surface area contributed by atoms with Crippen LogP contribution in [0.3, 0.4) is 0 Å². The van der Waals surface area contributed by atoms with Gasteiger partial charge in [0.05, 0.1) is 10.6 Å². The summed E-state index contributed by atoms with van der Waals surface area (Å²) in [6.07, 6.45) is 0. The van der Waals surface area contributed by atoms with E-state index in [0.717, 1.165) is 0 Å². The Morgan fingerprint density at radius 3 is 2.67 bits per heavy atom. The van der Waals surface area contributed by atoms with Crippen LogP contribution in [0.5, 0.6) is 0 Å². The van der Waals surface area contributed by atoms with Crippen LogP contribution in [-0.2, 0) is 0 Å². The van der Waals surface area contributed by atoms with E-state index in [2.05, 4.69) is 15.5 Å². The predicted octanol–water partition coefficient (Wildman–Crippen LogP) is 3.12. The molecule has 1 amide bonds. The van der Waals surface area contributed by atoms with Crippen molar-refractivity contribution in [2.24, 2.45) is 5.73 Å². The summed E-state index contributed by atoms with van der Waals surface area (Å²) < 4.78 is 5.22. The second-order valence-electron chi connectivity index (χ2n) is 5.07. The highest BCUT2D eigenvalue weighted by molar-refractivity contribution is 6.33. The molecule has 3 N–H and O–H groups in total. The van der Waals surface area contributed by atoms with E-state index in [4.69, 9.17) is 21.9 Å². The number of carbonyl (C=O) groups is 1. The van der Waals surface area contributed by atoms with Gasteiger partial charge in [-0.1, -0.05) is 30.6 Å². The zero-order valence-electron chi connectivity index (χ0n) is 12.1. The number of aromatic nitrogens is 2. The van der Waals surface area contributed by atoms with Crippen LogP contribution in [0.1, 0.15) is 54.8 Å². The Bertz CT molecular complexity index is 654. The SMILES string of the molecule is CC(C)c1noc(C(C)Nc2ccc(Cl)c(C(N)=O)c2)n1. The van der Waals surface area contributed by atoms with Gasteiger partial charge in [0, 0.05) is 11.6 Å². The van der Waals surface area contributed by atoms with E-state index in [-0.39, 0.29) is 17.5 Å². The first-order valence-corrected chi connectivity index (χ1v) is 6.95. The van der Waals surface area contributed by atoms with Crippen molar-refractivity contribution in [1.82, 2.24) is 10.1 Å². The zero-order chi connectivity index (χ0) is 15.6. The molecule has 7 heteroatoms. The lowest BCUT2D eigenvalue weighted by atomic mass is 10.1. The van der Waals surface area contributed by atoms with Gasteiger partial charge in [0.25, 0.3) is 0 Å². The standard InChI is InChI=1S/C14H17ClN4O2/c1-7(2)13-18-14(21-19-13)8(3)17-9-4-5-11(15)10(6-9)12(16)20/h4-8,17H,1-3H3,(H2,16,20). The van der Waals surface area contributed by atoms with Crippen LogP contribution in [0.4, 0.5) is 5.69 Å². The first-order valence-electron chi connectivity index (χ1n) is 6.58. The maximum absolute atomic E-state index is 11.3. The lowest BCUT2D eigenvalue weighted by molar-refractivity contribution is 0.100. The number of nitrogens with two attached hydrogens (primary N) is 1. The van der Waals surface area contributed by atoms with Gasteiger partial charge in [0.15, 0.2) is 5.82 Å². The number of carbonyl (C=O) groups excluding carboxylic acids is 1. The fourth-order valence-electron chi connectivity index (χ4n) is 1.77. The summed E-state index contributed by atoms with van der Waals surface area (Å²) in [5.74, 6) is 0.768. The number of benzene rings is 1. The minimum absolute atomic E-state index is 0.201.